The Bertz CT molecular complexity index is 942. The van der Waals surface area contributed by atoms with Gasteiger partial charge in [-0.2, -0.15) is 0 Å². The molecule has 0 saturated heterocycles. The molecule has 1 N–H and O–H groups in total. The quantitative estimate of drug-likeness (QED) is 0.490. The number of carbonyl (C=O) groups is 1. The van der Waals surface area contributed by atoms with Crippen molar-refractivity contribution in [2.75, 3.05) is 7.11 Å². The predicted octanol–water partition coefficient (Wildman–Crippen LogP) is 4.35. The van der Waals surface area contributed by atoms with Crippen LogP contribution in [0.4, 0.5) is 0 Å². The average molecular weight is 425 g/mol. The molecule has 6 nitrogen and oxygen atoms in total. The van der Waals surface area contributed by atoms with Gasteiger partial charge in [-0.25, -0.2) is 0 Å². The fourth-order valence-corrected chi connectivity index (χ4v) is 3.85. The summed E-state index contributed by atoms with van der Waals surface area (Å²) < 4.78 is 7.27. The summed E-state index contributed by atoms with van der Waals surface area (Å²) in [6, 6.07) is 17.4. The molecule has 1 heterocycles. The third-order valence-electron chi connectivity index (χ3n) is 4.90. The lowest BCUT2D eigenvalue weighted by molar-refractivity contribution is 0.0949. The van der Waals surface area contributed by atoms with E-state index in [1.165, 1.54) is 5.56 Å². The van der Waals surface area contributed by atoms with E-state index in [2.05, 4.69) is 46.1 Å². The molecule has 2 aromatic carbocycles. The van der Waals surface area contributed by atoms with Crippen molar-refractivity contribution in [1.29, 1.82) is 0 Å². The summed E-state index contributed by atoms with van der Waals surface area (Å²) in [4.78, 5) is 12.5. The Morgan fingerprint density at radius 1 is 1.13 bits per heavy atom. The zero-order valence-corrected chi connectivity index (χ0v) is 18.5. The van der Waals surface area contributed by atoms with Gasteiger partial charge in [0.1, 0.15) is 5.75 Å². The minimum atomic E-state index is -0.147. The Kier molecular flexibility index (Phi) is 7.90. The molecule has 7 heteroatoms. The summed E-state index contributed by atoms with van der Waals surface area (Å²) in [5.74, 6) is 1.34. The van der Waals surface area contributed by atoms with Crippen LogP contribution in [0.15, 0.2) is 59.8 Å². The van der Waals surface area contributed by atoms with Gasteiger partial charge in [0.05, 0.1) is 13.7 Å². The molecule has 1 atom stereocenters. The van der Waals surface area contributed by atoms with Gasteiger partial charge in [-0.05, 0) is 42.7 Å². The van der Waals surface area contributed by atoms with E-state index in [9.17, 15) is 4.79 Å². The van der Waals surface area contributed by atoms with E-state index in [-0.39, 0.29) is 5.91 Å². The average Bonchev–Trinajstić information content (AvgIpc) is 3.17. The highest BCUT2D eigenvalue weighted by Crippen LogP contribution is 2.24. The predicted molar refractivity (Wildman–Crippen MR) is 120 cm³/mol. The van der Waals surface area contributed by atoms with Crippen LogP contribution >= 0.6 is 11.8 Å². The molecule has 30 heavy (non-hydrogen) atoms. The fourth-order valence-electron chi connectivity index (χ4n) is 2.91. The molecule has 1 amide bonds. The van der Waals surface area contributed by atoms with Crippen LogP contribution in [0.2, 0.25) is 0 Å². The molecule has 1 unspecified atom stereocenters. The third kappa shape index (κ3) is 5.86. The Morgan fingerprint density at radius 2 is 1.87 bits per heavy atom. The third-order valence-corrected chi connectivity index (χ3v) is 6.15. The lowest BCUT2D eigenvalue weighted by atomic mass is 10.1. The van der Waals surface area contributed by atoms with Gasteiger partial charge in [0, 0.05) is 17.4 Å². The Balaban J connectivity index is 1.71. The molecule has 158 valence electrons. The maximum atomic E-state index is 12.5. The number of carbonyl (C=O) groups excluding carboxylic acids is 1. The first kappa shape index (κ1) is 21.9. The molecule has 0 aliphatic heterocycles. The number of methoxy groups -OCH3 is 1. The highest BCUT2D eigenvalue weighted by Gasteiger charge is 2.16. The van der Waals surface area contributed by atoms with E-state index >= 15 is 0 Å². The lowest BCUT2D eigenvalue weighted by Crippen LogP contribution is -2.25. The first-order valence-electron chi connectivity index (χ1n) is 10.2. The molecule has 0 spiro atoms. The normalized spacial score (nSPS) is 11.8. The van der Waals surface area contributed by atoms with Crippen molar-refractivity contribution in [1.82, 2.24) is 20.1 Å². The van der Waals surface area contributed by atoms with Gasteiger partial charge in [-0.1, -0.05) is 55.9 Å². The van der Waals surface area contributed by atoms with E-state index in [1.54, 1.807) is 43.1 Å². The standard InChI is InChI=1S/C23H28N4O2S/c1-4-17(2)30-23-26-25-21(27(23)15-14-18-8-6-5-7-9-18)16-24-22(28)19-10-12-20(29-3)13-11-19/h5-13,17H,4,14-16H2,1-3H3,(H,24,28). The summed E-state index contributed by atoms with van der Waals surface area (Å²) in [6.45, 7) is 5.45. The smallest absolute Gasteiger partial charge is 0.251 e. The molecular weight excluding hydrogens is 396 g/mol. The summed E-state index contributed by atoms with van der Waals surface area (Å²) in [7, 11) is 1.60. The summed E-state index contributed by atoms with van der Waals surface area (Å²) in [6.07, 6.45) is 1.94. The topological polar surface area (TPSA) is 69.0 Å². The van der Waals surface area contributed by atoms with Gasteiger partial charge < -0.3 is 14.6 Å². The van der Waals surface area contributed by atoms with Gasteiger partial charge in [0.2, 0.25) is 0 Å². The highest BCUT2D eigenvalue weighted by molar-refractivity contribution is 7.99. The molecule has 0 radical (unpaired) electrons. The largest absolute Gasteiger partial charge is 0.497 e. The van der Waals surface area contributed by atoms with Gasteiger partial charge >= 0.3 is 0 Å². The molecule has 3 aromatic rings. The van der Waals surface area contributed by atoms with Crippen LogP contribution in [-0.2, 0) is 19.5 Å². The molecule has 0 aliphatic carbocycles. The number of aryl methyl sites for hydroxylation is 1. The van der Waals surface area contributed by atoms with E-state index in [4.69, 9.17) is 4.74 Å². The highest BCUT2D eigenvalue weighted by atomic mass is 32.2. The van der Waals surface area contributed by atoms with Crippen LogP contribution in [0.3, 0.4) is 0 Å². The van der Waals surface area contributed by atoms with Gasteiger partial charge in [-0.3, -0.25) is 4.79 Å². The van der Waals surface area contributed by atoms with Gasteiger partial charge in [0.25, 0.3) is 5.91 Å². The maximum Gasteiger partial charge on any atom is 0.251 e. The first-order valence-corrected chi connectivity index (χ1v) is 11.0. The van der Waals surface area contributed by atoms with Crippen LogP contribution in [0.5, 0.6) is 5.75 Å². The number of hydrogen-bond donors (Lipinski definition) is 1. The number of rotatable bonds is 10. The van der Waals surface area contributed by atoms with E-state index < -0.39 is 0 Å². The monoisotopic (exact) mass is 424 g/mol. The maximum absolute atomic E-state index is 12.5. The number of thioether (sulfide) groups is 1. The Hall–Kier alpha value is -2.80. The Labute approximate surface area is 182 Å². The lowest BCUT2D eigenvalue weighted by Gasteiger charge is -2.13. The van der Waals surface area contributed by atoms with Crippen molar-refractivity contribution >= 4 is 17.7 Å². The SMILES string of the molecule is CCC(C)Sc1nnc(CNC(=O)c2ccc(OC)cc2)n1CCc1ccccc1. The second kappa shape index (κ2) is 10.8. The number of hydrogen-bond acceptors (Lipinski definition) is 5. The first-order chi connectivity index (χ1) is 14.6. The minimum Gasteiger partial charge on any atom is -0.497 e. The van der Waals surface area contributed by atoms with Crippen LogP contribution in [-0.4, -0.2) is 33.0 Å². The van der Waals surface area contributed by atoms with Crippen molar-refractivity contribution < 1.29 is 9.53 Å². The summed E-state index contributed by atoms with van der Waals surface area (Å²) >= 11 is 1.72. The summed E-state index contributed by atoms with van der Waals surface area (Å²) in [5, 5.41) is 13.1. The minimum absolute atomic E-state index is 0.147. The number of nitrogens with one attached hydrogen (secondary N) is 1. The van der Waals surface area contributed by atoms with Crippen LogP contribution in [0.25, 0.3) is 0 Å². The van der Waals surface area contributed by atoms with Crippen molar-refractivity contribution in [2.45, 2.75) is 50.2 Å². The summed E-state index contributed by atoms with van der Waals surface area (Å²) in [5.41, 5.74) is 1.85. The van der Waals surface area contributed by atoms with Crippen molar-refractivity contribution in [3.05, 3.63) is 71.5 Å². The second-order valence-corrected chi connectivity index (χ2v) is 8.44. The van der Waals surface area contributed by atoms with E-state index in [0.717, 1.165) is 36.1 Å². The number of ether oxygens (including phenoxy) is 1. The van der Waals surface area contributed by atoms with Crippen LogP contribution < -0.4 is 10.1 Å². The number of amides is 1. The molecule has 0 aliphatic rings. The van der Waals surface area contributed by atoms with E-state index in [0.29, 0.717) is 17.4 Å². The number of nitrogens with zero attached hydrogens (tertiary/aromatic N) is 3. The molecular formula is C23H28N4O2S. The molecule has 0 bridgehead atoms. The van der Waals surface area contributed by atoms with Crippen molar-refractivity contribution in [2.24, 2.45) is 0 Å². The van der Waals surface area contributed by atoms with Crippen molar-refractivity contribution in [3.8, 4) is 5.75 Å². The van der Waals surface area contributed by atoms with E-state index in [1.807, 2.05) is 18.2 Å². The van der Waals surface area contributed by atoms with Crippen LogP contribution in [0.1, 0.15) is 42.0 Å². The van der Waals surface area contributed by atoms with Gasteiger partial charge in [-0.15, -0.1) is 10.2 Å². The molecule has 1 aromatic heterocycles. The molecule has 0 fully saturated rings. The van der Waals surface area contributed by atoms with Gasteiger partial charge in [0.15, 0.2) is 11.0 Å². The molecule has 3 rings (SSSR count). The van der Waals surface area contributed by atoms with Crippen LogP contribution in [0, 0.1) is 0 Å². The number of aromatic nitrogens is 3. The van der Waals surface area contributed by atoms with Crippen molar-refractivity contribution in [3.63, 3.8) is 0 Å². The Morgan fingerprint density at radius 3 is 2.53 bits per heavy atom. The zero-order chi connectivity index (χ0) is 21.3. The fraction of sp³-hybridized carbons (Fsp3) is 0.348. The molecule has 0 saturated carbocycles. The second-order valence-electron chi connectivity index (χ2n) is 7.03. The number of benzene rings is 2. The zero-order valence-electron chi connectivity index (χ0n) is 17.7.